The van der Waals surface area contributed by atoms with Crippen LogP contribution in [0.3, 0.4) is 0 Å². The van der Waals surface area contributed by atoms with Crippen molar-refractivity contribution in [1.82, 2.24) is 15.5 Å². The van der Waals surface area contributed by atoms with E-state index in [0.29, 0.717) is 16.7 Å². The molecule has 1 aromatic heterocycles. The quantitative estimate of drug-likeness (QED) is 0.596. The predicted molar refractivity (Wildman–Crippen MR) is 105 cm³/mol. The molecule has 1 atom stereocenters. The molecule has 3 rings (SSSR count). The summed E-state index contributed by atoms with van der Waals surface area (Å²) >= 11 is 7.32. The summed E-state index contributed by atoms with van der Waals surface area (Å²) in [5.41, 5.74) is 0.809. The molecule has 0 bridgehead atoms. The highest BCUT2D eigenvalue weighted by molar-refractivity contribution is 8.00. The van der Waals surface area contributed by atoms with Crippen LogP contribution in [0, 0.1) is 0 Å². The highest BCUT2D eigenvalue weighted by atomic mass is 35.5. The molecule has 0 spiro atoms. The Morgan fingerprint density at radius 3 is 2.59 bits per heavy atom. The molecule has 27 heavy (non-hydrogen) atoms. The van der Waals surface area contributed by atoms with Crippen molar-refractivity contribution in [2.45, 2.75) is 23.6 Å². The first-order valence-electron chi connectivity index (χ1n) is 8.22. The van der Waals surface area contributed by atoms with E-state index in [-0.39, 0.29) is 17.7 Å². The molecule has 8 heteroatoms. The fourth-order valence-corrected chi connectivity index (χ4v) is 3.28. The first kappa shape index (κ1) is 19.3. The van der Waals surface area contributed by atoms with Gasteiger partial charge in [-0.05, 0) is 55.5 Å². The van der Waals surface area contributed by atoms with Crippen LogP contribution in [0.15, 0.2) is 57.9 Å². The number of methoxy groups -OCH3 is 1. The lowest BCUT2D eigenvalue weighted by molar-refractivity contribution is -0.120. The molecule has 1 N–H and O–H groups in total. The smallest absolute Gasteiger partial charge is 0.246 e. The fraction of sp³-hybridized carbons (Fsp3) is 0.211. The van der Waals surface area contributed by atoms with Crippen molar-refractivity contribution >= 4 is 29.3 Å². The van der Waals surface area contributed by atoms with E-state index < -0.39 is 0 Å². The maximum atomic E-state index is 12.3. The molecule has 140 valence electrons. The molecule has 1 amide bonds. The van der Waals surface area contributed by atoms with E-state index in [1.807, 2.05) is 43.3 Å². The van der Waals surface area contributed by atoms with Crippen LogP contribution in [-0.4, -0.2) is 28.4 Å². The van der Waals surface area contributed by atoms with Gasteiger partial charge in [0, 0.05) is 15.5 Å². The first-order chi connectivity index (χ1) is 13.0. The van der Waals surface area contributed by atoms with Gasteiger partial charge in [-0.3, -0.25) is 4.79 Å². The van der Waals surface area contributed by atoms with Gasteiger partial charge in [-0.25, -0.2) is 0 Å². The molecule has 0 aliphatic heterocycles. The summed E-state index contributed by atoms with van der Waals surface area (Å²) in [6, 6.07) is 14.7. The number of benzene rings is 2. The SMILES string of the molecule is COc1ccc(-c2noc(CNC(=O)[C@@H](C)Sc3ccc(Cl)cc3)n2)cc1. The van der Waals surface area contributed by atoms with Crippen LogP contribution in [0.1, 0.15) is 12.8 Å². The number of rotatable bonds is 7. The molecule has 0 fully saturated rings. The maximum Gasteiger partial charge on any atom is 0.246 e. The summed E-state index contributed by atoms with van der Waals surface area (Å²) in [5.74, 6) is 1.45. The van der Waals surface area contributed by atoms with E-state index in [4.69, 9.17) is 20.9 Å². The van der Waals surface area contributed by atoms with Crippen molar-refractivity contribution in [1.29, 1.82) is 0 Å². The first-order valence-corrected chi connectivity index (χ1v) is 9.48. The van der Waals surface area contributed by atoms with Crippen LogP contribution in [-0.2, 0) is 11.3 Å². The van der Waals surface area contributed by atoms with Crippen molar-refractivity contribution in [3.05, 3.63) is 59.4 Å². The molecule has 0 saturated heterocycles. The standard InChI is InChI=1S/C19H18ClN3O3S/c1-12(27-16-9-5-14(20)6-10-16)19(24)21-11-17-22-18(23-26-17)13-3-7-15(25-2)8-4-13/h3-10,12H,11H2,1-2H3,(H,21,24)/t12-/m1/s1. The zero-order valence-corrected chi connectivity index (χ0v) is 16.4. The number of hydrogen-bond donors (Lipinski definition) is 1. The Morgan fingerprint density at radius 2 is 1.93 bits per heavy atom. The normalized spacial score (nSPS) is 11.8. The molecule has 0 radical (unpaired) electrons. The Balaban J connectivity index is 1.54. The topological polar surface area (TPSA) is 77.3 Å². The molecular formula is C19H18ClN3O3S. The second-order valence-corrected chi connectivity index (χ2v) is 7.52. The van der Waals surface area contributed by atoms with E-state index in [0.717, 1.165) is 16.2 Å². The molecule has 0 aliphatic carbocycles. The zero-order chi connectivity index (χ0) is 19.2. The van der Waals surface area contributed by atoms with Gasteiger partial charge in [0.15, 0.2) is 0 Å². The molecule has 0 aliphatic rings. The van der Waals surface area contributed by atoms with Gasteiger partial charge >= 0.3 is 0 Å². The van der Waals surface area contributed by atoms with Gasteiger partial charge in [0.1, 0.15) is 5.75 Å². The number of amides is 1. The van der Waals surface area contributed by atoms with E-state index in [1.54, 1.807) is 19.2 Å². The third kappa shape index (κ3) is 5.24. The number of carbonyl (C=O) groups excluding carboxylic acids is 1. The summed E-state index contributed by atoms with van der Waals surface area (Å²) in [6.07, 6.45) is 0. The number of carbonyl (C=O) groups is 1. The number of nitrogens with zero attached hydrogens (tertiary/aromatic N) is 2. The number of nitrogens with one attached hydrogen (secondary N) is 1. The number of hydrogen-bond acceptors (Lipinski definition) is 6. The van der Waals surface area contributed by atoms with Gasteiger partial charge in [-0.1, -0.05) is 16.8 Å². The Hall–Kier alpha value is -2.51. The summed E-state index contributed by atoms with van der Waals surface area (Å²) < 4.78 is 10.3. The van der Waals surface area contributed by atoms with E-state index in [1.165, 1.54) is 11.8 Å². The van der Waals surface area contributed by atoms with Gasteiger partial charge in [0.05, 0.1) is 18.9 Å². The van der Waals surface area contributed by atoms with Gasteiger partial charge in [-0.15, -0.1) is 11.8 Å². The van der Waals surface area contributed by atoms with Crippen molar-refractivity contribution in [3.8, 4) is 17.1 Å². The third-order valence-electron chi connectivity index (χ3n) is 3.73. The van der Waals surface area contributed by atoms with Crippen LogP contribution in [0.2, 0.25) is 5.02 Å². The third-order valence-corrected chi connectivity index (χ3v) is 5.09. The number of thioether (sulfide) groups is 1. The van der Waals surface area contributed by atoms with Crippen molar-refractivity contribution < 1.29 is 14.1 Å². The molecule has 2 aromatic carbocycles. The average molecular weight is 404 g/mol. The lowest BCUT2D eigenvalue weighted by Crippen LogP contribution is -2.30. The van der Waals surface area contributed by atoms with Gasteiger partial charge in [0.25, 0.3) is 0 Å². The van der Waals surface area contributed by atoms with Crippen LogP contribution in [0.4, 0.5) is 0 Å². The minimum atomic E-state index is -0.268. The Kier molecular flexibility index (Phi) is 6.36. The second-order valence-electron chi connectivity index (χ2n) is 5.67. The predicted octanol–water partition coefficient (Wildman–Crippen LogP) is 4.20. The Bertz CT molecular complexity index is 897. The summed E-state index contributed by atoms with van der Waals surface area (Å²) in [4.78, 5) is 17.6. The van der Waals surface area contributed by atoms with Crippen LogP contribution >= 0.6 is 23.4 Å². The zero-order valence-electron chi connectivity index (χ0n) is 14.8. The van der Waals surface area contributed by atoms with Crippen molar-refractivity contribution in [2.24, 2.45) is 0 Å². The largest absolute Gasteiger partial charge is 0.497 e. The molecular weight excluding hydrogens is 386 g/mol. The second kappa shape index (κ2) is 8.92. The van der Waals surface area contributed by atoms with Gasteiger partial charge < -0.3 is 14.6 Å². The van der Waals surface area contributed by atoms with Crippen molar-refractivity contribution in [3.63, 3.8) is 0 Å². The summed E-state index contributed by atoms with van der Waals surface area (Å²) in [5, 5.41) is 7.15. The number of ether oxygens (including phenoxy) is 1. The van der Waals surface area contributed by atoms with Gasteiger partial charge in [0.2, 0.25) is 17.6 Å². The lowest BCUT2D eigenvalue weighted by atomic mass is 10.2. The summed E-state index contributed by atoms with van der Waals surface area (Å²) in [7, 11) is 1.61. The number of aromatic nitrogens is 2. The fourth-order valence-electron chi connectivity index (χ4n) is 2.26. The molecule has 1 heterocycles. The van der Waals surface area contributed by atoms with E-state index in [9.17, 15) is 4.79 Å². The lowest BCUT2D eigenvalue weighted by Gasteiger charge is -2.10. The van der Waals surface area contributed by atoms with E-state index >= 15 is 0 Å². The van der Waals surface area contributed by atoms with Crippen LogP contribution in [0.25, 0.3) is 11.4 Å². The Morgan fingerprint density at radius 1 is 1.22 bits per heavy atom. The minimum Gasteiger partial charge on any atom is -0.497 e. The molecule has 3 aromatic rings. The molecule has 0 unspecified atom stereocenters. The maximum absolute atomic E-state index is 12.3. The minimum absolute atomic E-state index is 0.112. The van der Waals surface area contributed by atoms with Gasteiger partial charge in [-0.2, -0.15) is 4.98 Å². The monoisotopic (exact) mass is 403 g/mol. The van der Waals surface area contributed by atoms with Crippen molar-refractivity contribution in [2.75, 3.05) is 7.11 Å². The molecule has 6 nitrogen and oxygen atoms in total. The average Bonchev–Trinajstić information content (AvgIpc) is 3.17. The molecule has 0 saturated carbocycles. The highest BCUT2D eigenvalue weighted by Gasteiger charge is 2.16. The van der Waals surface area contributed by atoms with Crippen LogP contribution in [0.5, 0.6) is 5.75 Å². The van der Waals surface area contributed by atoms with Crippen LogP contribution < -0.4 is 10.1 Å². The highest BCUT2D eigenvalue weighted by Crippen LogP contribution is 2.25. The number of halogens is 1. The summed E-state index contributed by atoms with van der Waals surface area (Å²) in [6.45, 7) is 2.01. The Labute approximate surface area is 166 Å². The van der Waals surface area contributed by atoms with E-state index in [2.05, 4.69) is 15.5 Å².